The Kier molecular flexibility index (Phi) is 4.10. The number of benzene rings is 1. The molecule has 0 atom stereocenters. The van der Waals surface area contributed by atoms with E-state index in [1.165, 1.54) is 0 Å². The maximum absolute atomic E-state index is 12.5. The van der Waals surface area contributed by atoms with E-state index in [0.29, 0.717) is 11.1 Å². The van der Waals surface area contributed by atoms with Crippen molar-refractivity contribution in [3.05, 3.63) is 34.9 Å². The summed E-state index contributed by atoms with van der Waals surface area (Å²) in [6.45, 7) is 5.98. The first-order chi connectivity index (χ1) is 9.43. The van der Waals surface area contributed by atoms with Gasteiger partial charge in [-0.15, -0.1) is 0 Å². The molecule has 20 heavy (non-hydrogen) atoms. The zero-order valence-corrected chi connectivity index (χ0v) is 12.4. The second-order valence-electron chi connectivity index (χ2n) is 5.96. The molecular weight excluding hydrogens is 250 g/mol. The molecule has 0 aliphatic carbocycles. The maximum Gasteiger partial charge on any atom is 0.252 e. The molecule has 0 saturated carbocycles. The van der Waals surface area contributed by atoms with Gasteiger partial charge in [0.15, 0.2) is 0 Å². The van der Waals surface area contributed by atoms with E-state index >= 15 is 0 Å². The van der Waals surface area contributed by atoms with Crippen molar-refractivity contribution in [2.45, 2.75) is 32.2 Å². The van der Waals surface area contributed by atoms with Crippen molar-refractivity contribution in [3.63, 3.8) is 0 Å². The largest absolute Gasteiger partial charge is 0.347 e. The van der Waals surface area contributed by atoms with Gasteiger partial charge in [0.05, 0.1) is 11.6 Å². The first-order valence-corrected chi connectivity index (χ1v) is 6.95. The van der Waals surface area contributed by atoms with Crippen molar-refractivity contribution in [1.29, 1.82) is 5.26 Å². The molecule has 1 amide bonds. The quantitative estimate of drug-likeness (QED) is 0.896. The number of piperidine rings is 1. The van der Waals surface area contributed by atoms with E-state index < -0.39 is 0 Å². The van der Waals surface area contributed by atoms with Gasteiger partial charge in [-0.25, -0.2) is 0 Å². The summed E-state index contributed by atoms with van der Waals surface area (Å²) < 4.78 is 0. The number of carbonyl (C=O) groups excluding carboxylic acids is 1. The number of hydrogen-bond acceptors (Lipinski definition) is 3. The van der Waals surface area contributed by atoms with E-state index in [2.05, 4.69) is 30.3 Å². The van der Waals surface area contributed by atoms with Gasteiger partial charge in [0.1, 0.15) is 0 Å². The molecule has 0 bridgehead atoms. The predicted molar refractivity (Wildman–Crippen MR) is 78.5 cm³/mol. The molecule has 1 fully saturated rings. The van der Waals surface area contributed by atoms with Gasteiger partial charge in [0.25, 0.3) is 5.91 Å². The molecule has 0 radical (unpaired) electrons. The van der Waals surface area contributed by atoms with Gasteiger partial charge in [0.2, 0.25) is 0 Å². The van der Waals surface area contributed by atoms with Crippen LogP contribution in [0.1, 0.15) is 41.3 Å². The average molecular weight is 271 g/mol. The first-order valence-electron chi connectivity index (χ1n) is 6.95. The average Bonchev–Trinajstić information content (AvgIpc) is 2.43. The molecule has 106 valence electrons. The Balaban J connectivity index is 2.14. The first kappa shape index (κ1) is 14.5. The van der Waals surface area contributed by atoms with Gasteiger partial charge < -0.3 is 10.2 Å². The second-order valence-corrected chi connectivity index (χ2v) is 5.96. The minimum Gasteiger partial charge on any atom is -0.347 e. The topological polar surface area (TPSA) is 56.1 Å². The van der Waals surface area contributed by atoms with E-state index in [1.54, 1.807) is 12.1 Å². The summed E-state index contributed by atoms with van der Waals surface area (Å²) in [6.07, 6.45) is 1.90. The van der Waals surface area contributed by atoms with Gasteiger partial charge in [-0.3, -0.25) is 4.79 Å². The molecule has 1 N–H and O–H groups in total. The van der Waals surface area contributed by atoms with Crippen LogP contribution in [0, 0.1) is 18.3 Å². The van der Waals surface area contributed by atoms with Crippen molar-refractivity contribution in [3.8, 4) is 6.07 Å². The Hall–Kier alpha value is -1.86. The zero-order chi connectivity index (χ0) is 14.8. The summed E-state index contributed by atoms with van der Waals surface area (Å²) in [6, 6.07) is 7.31. The van der Waals surface area contributed by atoms with Crippen molar-refractivity contribution < 1.29 is 4.79 Å². The van der Waals surface area contributed by atoms with Crippen molar-refractivity contribution in [2.75, 3.05) is 20.1 Å². The van der Waals surface area contributed by atoms with Crippen LogP contribution in [-0.4, -0.2) is 36.5 Å². The molecule has 1 aromatic carbocycles. The number of hydrogen-bond donors (Lipinski definition) is 1. The lowest BCUT2D eigenvalue weighted by Crippen LogP contribution is -2.52. The maximum atomic E-state index is 12.5. The van der Waals surface area contributed by atoms with Crippen LogP contribution >= 0.6 is 0 Å². The fourth-order valence-electron chi connectivity index (χ4n) is 2.51. The molecule has 1 heterocycles. The summed E-state index contributed by atoms with van der Waals surface area (Å²) >= 11 is 0. The summed E-state index contributed by atoms with van der Waals surface area (Å²) in [5.74, 6) is -0.0772. The lowest BCUT2D eigenvalue weighted by Gasteiger charge is -2.38. The third-order valence-corrected chi connectivity index (χ3v) is 4.12. The number of nitriles is 1. The Morgan fingerprint density at radius 2 is 2.05 bits per heavy atom. The summed E-state index contributed by atoms with van der Waals surface area (Å²) in [7, 11) is 2.10. The Morgan fingerprint density at radius 3 is 2.65 bits per heavy atom. The van der Waals surface area contributed by atoms with Crippen LogP contribution in [0.3, 0.4) is 0 Å². The molecular formula is C16H21N3O. The minimum atomic E-state index is -0.154. The van der Waals surface area contributed by atoms with Gasteiger partial charge in [-0.2, -0.15) is 5.26 Å². The van der Waals surface area contributed by atoms with E-state index in [4.69, 9.17) is 5.26 Å². The van der Waals surface area contributed by atoms with Crippen molar-refractivity contribution in [1.82, 2.24) is 10.2 Å². The summed E-state index contributed by atoms with van der Waals surface area (Å²) in [5, 5.41) is 12.1. The Morgan fingerprint density at radius 1 is 1.40 bits per heavy atom. The second kappa shape index (κ2) is 5.64. The number of likely N-dealkylation sites (tertiary alicyclic amines) is 1. The molecule has 1 aliphatic rings. The monoisotopic (exact) mass is 271 g/mol. The normalized spacial score (nSPS) is 18.3. The number of nitrogens with zero attached hydrogens (tertiary/aromatic N) is 2. The minimum absolute atomic E-state index is 0.0772. The van der Waals surface area contributed by atoms with Crippen LogP contribution in [0.15, 0.2) is 18.2 Å². The predicted octanol–water partition coefficient (Wildman–Crippen LogP) is 2.08. The third-order valence-electron chi connectivity index (χ3n) is 4.12. The van der Waals surface area contributed by atoms with Crippen molar-refractivity contribution >= 4 is 5.91 Å². The fraction of sp³-hybridized carbons (Fsp3) is 0.500. The highest BCUT2D eigenvalue weighted by Gasteiger charge is 2.30. The van der Waals surface area contributed by atoms with Gasteiger partial charge in [-0.05, 0) is 51.4 Å². The molecule has 0 spiro atoms. The number of carbonyl (C=O) groups is 1. The molecule has 0 aromatic heterocycles. The molecule has 1 saturated heterocycles. The zero-order valence-electron chi connectivity index (χ0n) is 12.4. The molecule has 4 heteroatoms. The van der Waals surface area contributed by atoms with Crippen LogP contribution < -0.4 is 5.32 Å². The van der Waals surface area contributed by atoms with Crippen LogP contribution in [-0.2, 0) is 0 Å². The van der Waals surface area contributed by atoms with Gasteiger partial charge in [0, 0.05) is 24.2 Å². The van der Waals surface area contributed by atoms with Crippen LogP contribution in [0.25, 0.3) is 0 Å². The molecule has 0 unspecified atom stereocenters. The number of amides is 1. The smallest absolute Gasteiger partial charge is 0.252 e. The Labute approximate surface area is 120 Å². The number of nitrogens with one attached hydrogen (secondary N) is 1. The molecule has 1 aromatic rings. The summed E-state index contributed by atoms with van der Waals surface area (Å²) in [4.78, 5) is 14.7. The van der Waals surface area contributed by atoms with Crippen molar-refractivity contribution in [2.24, 2.45) is 0 Å². The van der Waals surface area contributed by atoms with Gasteiger partial charge in [-0.1, -0.05) is 6.07 Å². The standard InChI is InChI=1S/C16H21N3O/c1-12-4-5-13(11-17)10-14(12)15(20)18-16(2)6-8-19(3)9-7-16/h4-5,10H,6-9H2,1-3H3,(H,18,20). The molecule has 4 nitrogen and oxygen atoms in total. The van der Waals surface area contributed by atoms with Crippen LogP contribution in [0.5, 0.6) is 0 Å². The van der Waals surface area contributed by atoms with Gasteiger partial charge >= 0.3 is 0 Å². The fourth-order valence-corrected chi connectivity index (χ4v) is 2.51. The third kappa shape index (κ3) is 3.17. The number of aryl methyl sites for hydroxylation is 1. The molecule has 1 aliphatic heterocycles. The lowest BCUT2D eigenvalue weighted by atomic mass is 9.89. The van der Waals surface area contributed by atoms with E-state index in [9.17, 15) is 4.79 Å². The highest BCUT2D eigenvalue weighted by atomic mass is 16.1. The van der Waals surface area contributed by atoms with E-state index in [0.717, 1.165) is 31.5 Å². The van der Waals surface area contributed by atoms with E-state index in [1.807, 2.05) is 13.0 Å². The van der Waals surface area contributed by atoms with Crippen LogP contribution in [0.4, 0.5) is 0 Å². The SMILES string of the molecule is Cc1ccc(C#N)cc1C(=O)NC1(C)CCN(C)CC1. The highest BCUT2D eigenvalue weighted by Crippen LogP contribution is 2.22. The number of rotatable bonds is 2. The molecule has 2 rings (SSSR count). The highest BCUT2D eigenvalue weighted by molar-refractivity contribution is 5.96. The van der Waals surface area contributed by atoms with E-state index in [-0.39, 0.29) is 11.4 Å². The lowest BCUT2D eigenvalue weighted by molar-refractivity contribution is 0.0851. The summed E-state index contributed by atoms with van der Waals surface area (Å²) in [5.41, 5.74) is 1.87. The van der Waals surface area contributed by atoms with Crippen LogP contribution in [0.2, 0.25) is 0 Å². The Bertz CT molecular complexity index is 551.